The molecule has 108 valence electrons. The minimum atomic E-state index is -3.47. The standard InChI is InChI=1S/C12H15N3O3S2/c1-9-8-18-12(14-9)15-20(16,17)7-6-19-11-5-3-2-4-10(11)13/h2-5,8H,6-7,13H2,1H3,(H,14,15). The summed E-state index contributed by atoms with van der Waals surface area (Å²) >= 11 is 1.39. The van der Waals surface area contributed by atoms with E-state index in [0.717, 1.165) is 4.90 Å². The monoisotopic (exact) mass is 313 g/mol. The fourth-order valence-electron chi connectivity index (χ4n) is 1.46. The molecule has 6 nitrogen and oxygen atoms in total. The molecule has 1 heterocycles. The first-order valence-electron chi connectivity index (χ1n) is 5.86. The summed E-state index contributed by atoms with van der Waals surface area (Å²) in [6, 6.07) is 7.33. The number of thioether (sulfide) groups is 1. The van der Waals surface area contributed by atoms with E-state index in [1.54, 1.807) is 13.0 Å². The molecule has 0 bridgehead atoms. The lowest BCUT2D eigenvalue weighted by atomic mass is 10.3. The molecule has 0 aliphatic heterocycles. The lowest BCUT2D eigenvalue weighted by molar-refractivity contribution is 0.570. The fourth-order valence-corrected chi connectivity index (χ4v) is 3.76. The van der Waals surface area contributed by atoms with Gasteiger partial charge >= 0.3 is 6.01 Å². The second-order valence-corrected chi connectivity index (χ2v) is 7.08. The molecule has 0 aliphatic rings. The van der Waals surface area contributed by atoms with Crippen LogP contribution in [0.25, 0.3) is 0 Å². The molecule has 20 heavy (non-hydrogen) atoms. The van der Waals surface area contributed by atoms with Gasteiger partial charge in [-0.05, 0) is 19.1 Å². The summed E-state index contributed by atoms with van der Waals surface area (Å²) in [5.41, 5.74) is 7.05. The topological polar surface area (TPSA) is 98.2 Å². The molecule has 0 saturated heterocycles. The van der Waals surface area contributed by atoms with Gasteiger partial charge < -0.3 is 10.2 Å². The molecule has 2 rings (SSSR count). The Morgan fingerprint density at radius 3 is 2.80 bits per heavy atom. The third kappa shape index (κ3) is 4.17. The van der Waals surface area contributed by atoms with Crippen LogP contribution in [0.1, 0.15) is 5.69 Å². The highest BCUT2D eigenvalue weighted by Gasteiger charge is 2.14. The number of nitrogen functional groups attached to an aromatic ring is 1. The first kappa shape index (κ1) is 14.7. The van der Waals surface area contributed by atoms with E-state index in [-0.39, 0.29) is 11.8 Å². The third-order valence-electron chi connectivity index (χ3n) is 2.39. The molecule has 0 atom stereocenters. The predicted octanol–water partition coefficient (Wildman–Crippen LogP) is 2.10. The molecular formula is C12H15N3O3S2. The van der Waals surface area contributed by atoms with E-state index in [4.69, 9.17) is 10.2 Å². The van der Waals surface area contributed by atoms with E-state index in [9.17, 15) is 8.42 Å². The fraction of sp³-hybridized carbons (Fsp3) is 0.250. The minimum Gasteiger partial charge on any atom is -0.431 e. The van der Waals surface area contributed by atoms with Gasteiger partial charge in [0.2, 0.25) is 10.0 Å². The van der Waals surface area contributed by atoms with E-state index in [2.05, 4.69) is 9.71 Å². The second kappa shape index (κ2) is 6.19. The maximum Gasteiger partial charge on any atom is 0.308 e. The number of hydrogen-bond donors (Lipinski definition) is 2. The number of rotatable bonds is 6. The number of para-hydroxylation sites is 1. The minimum absolute atomic E-state index is 0.00766. The lowest BCUT2D eigenvalue weighted by Gasteiger charge is -2.06. The van der Waals surface area contributed by atoms with E-state index in [1.165, 1.54) is 18.0 Å². The van der Waals surface area contributed by atoms with Crippen LogP contribution in [0.3, 0.4) is 0 Å². The summed E-state index contributed by atoms with van der Waals surface area (Å²) in [6.45, 7) is 1.72. The van der Waals surface area contributed by atoms with Crippen LogP contribution in [0.2, 0.25) is 0 Å². The smallest absolute Gasteiger partial charge is 0.308 e. The molecule has 0 amide bonds. The maximum absolute atomic E-state index is 11.8. The van der Waals surface area contributed by atoms with Crippen LogP contribution in [0.5, 0.6) is 0 Å². The van der Waals surface area contributed by atoms with Gasteiger partial charge in [-0.1, -0.05) is 12.1 Å². The zero-order valence-electron chi connectivity index (χ0n) is 10.9. The van der Waals surface area contributed by atoms with Crippen LogP contribution >= 0.6 is 11.8 Å². The number of benzene rings is 1. The average Bonchev–Trinajstić information content (AvgIpc) is 2.76. The van der Waals surface area contributed by atoms with Crippen molar-refractivity contribution in [3.05, 3.63) is 36.2 Å². The van der Waals surface area contributed by atoms with Crippen molar-refractivity contribution in [3.63, 3.8) is 0 Å². The van der Waals surface area contributed by atoms with E-state index in [0.29, 0.717) is 17.1 Å². The first-order chi connectivity index (χ1) is 9.46. The van der Waals surface area contributed by atoms with Crippen molar-refractivity contribution in [2.45, 2.75) is 11.8 Å². The van der Waals surface area contributed by atoms with Crippen LogP contribution in [-0.2, 0) is 10.0 Å². The van der Waals surface area contributed by atoms with Crippen LogP contribution < -0.4 is 10.5 Å². The quantitative estimate of drug-likeness (QED) is 0.626. The Morgan fingerprint density at radius 1 is 1.40 bits per heavy atom. The summed E-state index contributed by atoms with van der Waals surface area (Å²) in [4.78, 5) is 4.76. The number of nitrogens with zero attached hydrogens (tertiary/aromatic N) is 1. The molecule has 0 unspecified atom stereocenters. The van der Waals surface area contributed by atoms with Crippen LogP contribution in [0, 0.1) is 6.92 Å². The lowest BCUT2D eigenvalue weighted by Crippen LogP contribution is -2.18. The van der Waals surface area contributed by atoms with Crippen LogP contribution in [-0.4, -0.2) is 24.9 Å². The molecule has 0 aliphatic carbocycles. The molecule has 1 aromatic carbocycles. The molecule has 0 saturated carbocycles. The number of nitrogens with two attached hydrogens (primary N) is 1. The normalized spacial score (nSPS) is 11.4. The summed E-state index contributed by atoms with van der Waals surface area (Å²) < 4.78 is 30.9. The Labute approximate surface area is 121 Å². The van der Waals surface area contributed by atoms with Gasteiger partial charge in [-0.3, -0.25) is 0 Å². The summed E-state index contributed by atoms with van der Waals surface area (Å²) in [5, 5.41) is 0. The third-order valence-corrected chi connectivity index (χ3v) is 4.97. The molecular weight excluding hydrogens is 298 g/mol. The van der Waals surface area contributed by atoms with Crippen LogP contribution in [0.4, 0.5) is 11.7 Å². The average molecular weight is 313 g/mol. The van der Waals surface area contributed by atoms with Crippen LogP contribution in [0.15, 0.2) is 39.8 Å². The summed E-state index contributed by atoms with van der Waals surface area (Å²) in [5.74, 6) is 0.344. The molecule has 0 radical (unpaired) electrons. The number of sulfonamides is 1. The van der Waals surface area contributed by atoms with Crippen molar-refractivity contribution in [2.24, 2.45) is 0 Å². The summed E-state index contributed by atoms with van der Waals surface area (Å²) in [7, 11) is -3.47. The van der Waals surface area contributed by atoms with Gasteiger partial charge in [0.1, 0.15) is 6.26 Å². The van der Waals surface area contributed by atoms with Gasteiger partial charge in [0, 0.05) is 16.3 Å². The van der Waals surface area contributed by atoms with Gasteiger partial charge in [0.15, 0.2) is 0 Å². The Morgan fingerprint density at radius 2 is 2.15 bits per heavy atom. The highest BCUT2D eigenvalue weighted by molar-refractivity contribution is 8.01. The molecule has 3 N–H and O–H groups in total. The molecule has 2 aromatic rings. The molecule has 0 fully saturated rings. The highest BCUT2D eigenvalue weighted by Crippen LogP contribution is 2.24. The van der Waals surface area contributed by atoms with Gasteiger partial charge in [0.05, 0.1) is 11.4 Å². The SMILES string of the molecule is Cc1coc(NS(=O)(=O)CCSc2ccccc2N)n1. The van der Waals surface area contributed by atoms with Crippen molar-refractivity contribution < 1.29 is 12.8 Å². The van der Waals surface area contributed by atoms with Crippen molar-refractivity contribution in [1.82, 2.24) is 4.98 Å². The highest BCUT2D eigenvalue weighted by atomic mass is 32.2. The van der Waals surface area contributed by atoms with Crippen molar-refractivity contribution in [2.75, 3.05) is 22.0 Å². The number of hydrogen-bond acceptors (Lipinski definition) is 6. The predicted molar refractivity (Wildman–Crippen MR) is 80.2 cm³/mol. The Hall–Kier alpha value is -1.67. The van der Waals surface area contributed by atoms with E-state index in [1.807, 2.05) is 18.2 Å². The van der Waals surface area contributed by atoms with E-state index >= 15 is 0 Å². The summed E-state index contributed by atoms with van der Waals surface area (Å²) in [6.07, 6.45) is 1.39. The number of anilines is 2. The second-order valence-electron chi connectivity index (χ2n) is 4.10. The first-order valence-corrected chi connectivity index (χ1v) is 8.50. The Bertz CT molecular complexity index is 683. The number of nitrogens with one attached hydrogen (secondary N) is 1. The Balaban J connectivity index is 1.88. The van der Waals surface area contributed by atoms with E-state index < -0.39 is 10.0 Å². The van der Waals surface area contributed by atoms with Gasteiger partial charge in [-0.25, -0.2) is 13.1 Å². The largest absolute Gasteiger partial charge is 0.431 e. The van der Waals surface area contributed by atoms with Crippen molar-refractivity contribution >= 4 is 33.5 Å². The zero-order valence-corrected chi connectivity index (χ0v) is 12.5. The Kier molecular flexibility index (Phi) is 4.56. The molecule has 8 heteroatoms. The van der Waals surface area contributed by atoms with Gasteiger partial charge in [0.25, 0.3) is 0 Å². The zero-order chi connectivity index (χ0) is 14.6. The molecule has 0 spiro atoms. The molecule has 1 aromatic heterocycles. The number of oxazole rings is 1. The van der Waals surface area contributed by atoms with Gasteiger partial charge in [-0.15, -0.1) is 11.8 Å². The van der Waals surface area contributed by atoms with Crippen molar-refractivity contribution in [3.8, 4) is 0 Å². The van der Waals surface area contributed by atoms with Crippen molar-refractivity contribution in [1.29, 1.82) is 0 Å². The number of aromatic nitrogens is 1. The maximum atomic E-state index is 11.8. The number of aryl methyl sites for hydroxylation is 1. The van der Waals surface area contributed by atoms with Gasteiger partial charge in [-0.2, -0.15) is 4.98 Å².